The molecule has 2 N–H and O–H groups in total. The number of imidazole rings is 1. The molecule has 274 valence electrons. The van der Waals surface area contributed by atoms with E-state index in [0.29, 0.717) is 16.9 Å². The number of alkyl halides is 3. The summed E-state index contributed by atoms with van der Waals surface area (Å²) in [5.41, 5.74) is 1.40. The highest BCUT2D eigenvalue weighted by molar-refractivity contribution is 6.33. The number of fused-ring (bicyclic) bond motifs is 2. The van der Waals surface area contributed by atoms with Crippen molar-refractivity contribution in [2.45, 2.75) is 39.9 Å². The number of rotatable bonds is 7. The van der Waals surface area contributed by atoms with Crippen LogP contribution < -0.4 is 15.8 Å². The molecule has 0 spiro atoms. The van der Waals surface area contributed by atoms with Crippen molar-refractivity contribution in [3.8, 4) is 17.1 Å². The Labute approximate surface area is 303 Å². The number of benzene rings is 1. The number of nitrogens with one attached hydrogen (secondary N) is 1. The van der Waals surface area contributed by atoms with Crippen LogP contribution >= 0.6 is 11.6 Å². The summed E-state index contributed by atoms with van der Waals surface area (Å²) in [5, 5.41) is 17.2. The van der Waals surface area contributed by atoms with Crippen molar-refractivity contribution < 1.29 is 27.9 Å². The summed E-state index contributed by atoms with van der Waals surface area (Å²) >= 11 is 6.14. The van der Waals surface area contributed by atoms with E-state index < -0.39 is 35.7 Å². The Bertz CT molecular complexity index is 2490. The molecule has 5 aromatic heterocycles. The van der Waals surface area contributed by atoms with Crippen LogP contribution in [0.5, 0.6) is 5.75 Å². The van der Waals surface area contributed by atoms with E-state index in [1.165, 1.54) is 11.2 Å². The van der Waals surface area contributed by atoms with Gasteiger partial charge in [0.25, 0.3) is 11.5 Å². The lowest BCUT2D eigenvalue weighted by Crippen LogP contribution is -2.51. The molecule has 6 aromatic rings. The number of aryl methyl sites for hydroxylation is 2. The molecule has 1 aliphatic heterocycles. The minimum absolute atomic E-state index is 0.0307. The lowest BCUT2D eigenvalue weighted by atomic mass is 10.2. The minimum Gasteiger partial charge on any atom is -0.504 e. The van der Waals surface area contributed by atoms with Crippen molar-refractivity contribution >= 4 is 46.2 Å². The van der Waals surface area contributed by atoms with Gasteiger partial charge in [0.05, 0.1) is 33.4 Å². The van der Waals surface area contributed by atoms with Crippen LogP contribution in [0, 0.1) is 13.8 Å². The second-order valence-electron chi connectivity index (χ2n) is 12.4. The lowest BCUT2D eigenvalue weighted by molar-refractivity contribution is -0.137. The Morgan fingerprint density at radius 2 is 1.77 bits per heavy atom. The van der Waals surface area contributed by atoms with Gasteiger partial charge in [-0.05, 0) is 50.6 Å². The standard InChI is InChI=1S/C34H31ClF3N11O4/c1-4-24-28(45-9-11-46(12-10-45)31(52)27-29(51)19(3)39-17-40-27)32(53)49-33(43-30(44-49)20-5-8-25-41-18(2)14-47(25)15-20)48(24)16-26(50)42-23-7-6-21(13-22(23)35)34(36,37)38/h5-8,13-15,17,51H,4,9-12,16H2,1-3H3,(H,42,50). The van der Waals surface area contributed by atoms with E-state index in [0.717, 1.165) is 28.4 Å². The van der Waals surface area contributed by atoms with Crippen LogP contribution in [0.3, 0.4) is 0 Å². The molecule has 0 aliphatic carbocycles. The summed E-state index contributed by atoms with van der Waals surface area (Å²) in [4.78, 5) is 61.5. The van der Waals surface area contributed by atoms with E-state index in [1.807, 2.05) is 20.0 Å². The van der Waals surface area contributed by atoms with Gasteiger partial charge in [0.2, 0.25) is 11.7 Å². The number of hydrogen-bond donors (Lipinski definition) is 2. The van der Waals surface area contributed by atoms with Crippen LogP contribution in [0.1, 0.15) is 40.1 Å². The Hall–Kier alpha value is -6.04. The maximum atomic E-state index is 14.3. The van der Waals surface area contributed by atoms with E-state index in [9.17, 15) is 32.7 Å². The molecular formula is C34H31ClF3N11O4. The van der Waals surface area contributed by atoms with Gasteiger partial charge in [0.15, 0.2) is 17.3 Å². The molecular weight excluding hydrogens is 719 g/mol. The first-order chi connectivity index (χ1) is 25.2. The third kappa shape index (κ3) is 6.61. The van der Waals surface area contributed by atoms with Crippen LogP contribution in [-0.4, -0.2) is 86.5 Å². The van der Waals surface area contributed by atoms with E-state index >= 15 is 0 Å². The van der Waals surface area contributed by atoms with E-state index in [2.05, 4.69) is 25.4 Å². The van der Waals surface area contributed by atoms with Gasteiger partial charge in [-0.2, -0.15) is 22.7 Å². The first-order valence-electron chi connectivity index (χ1n) is 16.4. The predicted molar refractivity (Wildman–Crippen MR) is 187 cm³/mol. The quantitative estimate of drug-likeness (QED) is 0.242. The average molecular weight is 750 g/mol. The molecule has 0 atom stereocenters. The number of carbonyl (C=O) groups excluding carboxylic acids is 2. The van der Waals surface area contributed by atoms with Crippen LogP contribution in [0.15, 0.2) is 53.8 Å². The molecule has 1 fully saturated rings. The SMILES string of the molecule is CCc1c(N2CCN(C(=O)c3ncnc(C)c3O)CC2)c(=O)n2nc(-c3ccc4nc(C)cn4c3)nc2n1CC(=O)Nc1ccc(C(F)(F)F)cc1Cl. The van der Waals surface area contributed by atoms with Crippen LogP contribution in [0.4, 0.5) is 24.5 Å². The highest BCUT2D eigenvalue weighted by Gasteiger charge is 2.32. The summed E-state index contributed by atoms with van der Waals surface area (Å²) in [6, 6.07) is 6.16. The van der Waals surface area contributed by atoms with Gasteiger partial charge in [-0.3, -0.25) is 14.4 Å². The first-order valence-corrected chi connectivity index (χ1v) is 16.8. The Morgan fingerprint density at radius 1 is 1.02 bits per heavy atom. The number of halogens is 4. The minimum atomic E-state index is -4.62. The van der Waals surface area contributed by atoms with Gasteiger partial charge < -0.3 is 29.2 Å². The zero-order valence-electron chi connectivity index (χ0n) is 28.5. The Morgan fingerprint density at radius 3 is 2.47 bits per heavy atom. The van der Waals surface area contributed by atoms with Gasteiger partial charge in [0.1, 0.15) is 24.2 Å². The van der Waals surface area contributed by atoms with Crippen molar-refractivity contribution in [2.75, 3.05) is 36.4 Å². The van der Waals surface area contributed by atoms with Crippen LogP contribution in [0.25, 0.3) is 22.8 Å². The predicted octanol–water partition coefficient (Wildman–Crippen LogP) is 4.15. The zero-order valence-corrected chi connectivity index (χ0v) is 29.3. The van der Waals surface area contributed by atoms with Gasteiger partial charge in [-0.25, -0.2) is 15.0 Å². The van der Waals surface area contributed by atoms with Gasteiger partial charge in [-0.15, -0.1) is 5.10 Å². The summed E-state index contributed by atoms with van der Waals surface area (Å²) in [7, 11) is 0. The largest absolute Gasteiger partial charge is 0.504 e. The number of pyridine rings is 1. The molecule has 0 unspecified atom stereocenters. The number of carbonyl (C=O) groups is 2. The lowest BCUT2D eigenvalue weighted by Gasteiger charge is -2.36. The third-order valence-corrected chi connectivity index (χ3v) is 9.27. The van der Waals surface area contributed by atoms with Crippen molar-refractivity contribution in [1.29, 1.82) is 0 Å². The molecule has 1 aromatic carbocycles. The molecule has 6 heterocycles. The molecule has 7 rings (SSSR count). The van der Waals surface area contributed by atoms with Crippen LogP contribution in [0.2, 0.25) is 5.02 Å². The molecule has 15 nitrogen and oxygen atoms in total. The molecule has 19 heteroatoms. The smallest absolute Gasteiger partial charge is 0.416 e. The second kappa shape index (κ2) is 13.5. The van der Waals surface area contributed by atoms with Crippen molar-refractivity contribution in [3.05, 3.63) is 92.8 Å². The van der Waals surface area contributed by atoms with Crippen molar-refractivity contribution in [3.63, 3.8) is 0 Å². The topological polar surface area (TPSA) is 168 Å². The fourth-order valence-corrected chi connectivity index (χ4v) is 6.56. The summed E-state index contributed by atoms with van der Waals surface area (Å²) < 4.78 is 44.2. The summed E-state index contributed by atoms with van der Waals surface area (Å²) in [5.74, 6) is -1.18. The Balaban J connectivity index is 1.27. The average Bonchev–Trinajstić information content (AvgIpc) is 3.74. The third-order valence-electron chi connectivity index (χ3n) is 8.95. The molecule has 0 bridgehead atoms. The Kier molecular flexibility index (Phi) is 9.01. The number of amides is 2. The van der Waals surface area contributed by atoms with Crippen molar-refractivity contribution in [1.82, 2.24) is 43.4 Å². The molecule has 0 saturated carbocycles. The van der Waals surface area contributed by atoms with Gasteiger partial charge in [-0.1, -0.05) is 18.5 Å². The highest BCUT2D eigenvalue weighted by atomic mass is 35.5. The fourth-order valence-electron chi connectivity index (χ4n) is 6.33. The molecule has 1 saturated heterocycles. The highest BCUT2D eigenvalue weighted by Crippen LogP contribution is 2.34. The number of aromatic nitrogens is 8. The number of hydrogen-bond acceptors (Lipinski definition) is 10. The normalized spacial score (nSPS) is 13.6. The molecule has 1 aliphatic rings. The van der Waals surface area contributed by atoms with Crippen LogP contribution in [-0.2, 0) is 23.9 Å². The van der Waals surface area contributed by atoms with Crippen molar-refractivity contribution in [2.24, 2.45) is 0 Å². The monoisotopic (exact) mass is 749 g/mol. The van der Waals surface area contributed by atoms with E-state index in [-0.39, 0.29) is 77.7 Å². The van der Waals surface area contributed by atoms with E-state index in [1.54, 1.807) is 39.1 Å². The summed E-state index contributed by atoms with van der Waals surface area (Å²) in [6.45, 7) is 5.62. The maximum absolute atomic E-state index is 14.3. The molecule has 53 heavy (non-hydrogen) atoms. The number of nitrogens with zero attached hydrogens (tertiary/aromatic N) is 10. The van der Waals surface area contributed by atoms with Gasteiger partial charge in [0, 0.05) is 44.1 Å². The number of anilines is 2. The number of piperazine rings is 1. The number of aromatic hydroxyl groups is 1. The van der Waals surface area contributed by atoms with E-state index in [4.69, 9.17) is 16.6 Å². The summed E-state index contributed by atoms with van der Waals surface area (Å²) in [6.07, 6.45) is 0.447. The molecule has 2 amide bonds. The maximum Gasteiger partial charge on any atom is 0.416 e. The zero-order chi connectivity index (χ0) is 37.8. The second-order valence-corrected chi connectivity index (χ2v) is 12.8. The van der Waals surface area contributed by atoms with Gasteiger partial charge >= 0.3 is 6.18 Å². The fraction of sp³-hybridized carbons (Fsp3) is 0.294. The first kappa shape index (κ1) is 35.4. The molecule has 0 radical (unpaired) electrons.